The molecule has 12 aromatic heterocycles. The lowest BCUT2D eigenvalue weighted by Gasteiger charge is -2.19. The fourth-order valence-corrected chi connectivity index (χ4v) is 10.9. The minimum atomic E-state index is 0.679. The van der Waals surface area contributed by atoms with Crippen molar-refractivity contribution < 1.29 is 13.7 Å². The summed E-state index contributed by atoms with van der Waals surface area (Å²) < 4.78 is 6.85. The molecule has 12 heteroatoms. The van der Waals surface area contributed by atoms with Crippen molar-refractivity contribution in [2.45, 2.75) is 40.4 Å². The molecule has 0 saturated carbocycles. The number of hydrogen-bond acceptors (Lipinski definition) is 9. The van der Waals surface area contributed by atoms with Gasteiger partial charge in [0.2, 0.25) is 0 Å². The van der Waals surface area contributed by atoms with E-state index in [0.29, 0.717) is 19.6 Å². The van der Waals surface area contributed by atoms with E-state index in [4.69, 9.17) is 15.0 Å². The molecule has 0 atom stereocenters. The molecule has 12 heterocycles. The SMILES string of the molecule is Cc1c(C[n+]2ccc(-c3cc(-c4ccccn4)nc(-c4ccccn4)c3)cc2)c(C)c(C[n+]2ccc(-c3cc(-c4ccccn4)nc(-c4ccccn4)c3)cc2)c(C)c1C[n+]1ccc(-c2cc(-c3ccccn3)nc(-c3ccccn3)c2)cc1. The minimum Gasteiger partial charge on any atom is -0.255 e. The molecule has 13 aromatic rings. The molecule has 0 spiro atoms. The molecule has 0 unspecified atom stereocenters. The molecule has 0 aliphatic carbocycles. The van der Waals surface area contributed by atoms with Crippen LogP contribution in [0.25, 0.3) is 102 Å². The second-order valence-corrected chi connectivity index (χ2v) is 20.8. The number of rotatable bonds is 15. The normalized spacial score (nSPS) is 11.2. The summed E-state index contributed by atoms with van der Waals surface area (Å²) in [6, 6.07) is 61.3. The van der Waals surface area contributed by atoms with Crippen LogP contribution in [-0.2, 0) is 19.6 Å². The van der Waals surface area contributed by atoms with Crippen LogP contribution < -0.4 is 13.7 Å². The highest BCUT2D eigenvalue weighted by atomic mass is 14.9. The molecule has 402 valence electrons. The van der Waals surface area contributed by atoms with Gasteiger partial charge in [-0.15, -0.1) is 0 Å². The molecule has 13 rings (SSSR count). The van der Waals surface area contributed by atoms with Gasteiger partial charge in [0.25, 0.3) is 0 Å². The lowest BCUT2D eigenvalue weighted by atomic mass is 9.87. The molecule has 0 amide bonds. The molecule has 0 saturated heterocycles. The Morgan fingerprint density at radius 2 is 0.440 bits per heavy atom. The van der Waals surface area contributed by atoms with E-state index in [2.05, 4.69) is 174 Å². The third-order valence-electron chi connectivity index (χ3n) is 15.5. The average Bonchev–Trinajstić information content (AvgIpc) is 3.74. The number of hydrogen-bond donors (Lipinski definition) is 0. The van der Waals surface area contributed by atoms with E-state index in [1.807, 2.05) is 109 Å². The summed E-state index contributed by atoms with van der Waals surface area (Å²) in [6.07, 6.45) is 23.9. The summed E-state index contributed by atoms with van der Waals surface area (Å²) in [5, 5.41) is 0. The van der Waals surface area contributed by atoms with E-state index in [9.17, 15) is 0 Å². The Morgan fingerprint density at radius 1 is 0.238 bits per heavy atom. The first-order valence-corrected chi connectivity index (χ1v) is 28.0. The van der Waals surface area contributed by atoms with Gasteiger partial charge in [-0.2, -0.15) is 0 Å². The van der Waals surface area contributed by atoms with E-state index in [-0.39, 0.29) is 0 Å². The van der Waals surface area contributed by atoms with Crippen LogP contribution in [0.5, 0.6) is 0 Å². The maximum atomic E-state index is 5.02. The fraction of sp³-hybridized carbons (Fsp3) is 0.0833. The van der Waals surface area contributed by atoms with Gasteiger partial charge in [0.1, 0.15) is 0 Å². The summed E-state index contributed by atoms with van der Waals surface area (Å²) >= 11 is 0. The van der Waals surface area contributed by atoms with Gasteiger partial charge in [-0.1, -0.05) is 36.4 Å². The molecule has 0 aliphatic rings. The zero-order valence-corrected chi connectivity index (χ0v) is 46.7. The average molecular weight is 1090 g/mol. The van der Waals surface area contributed by atoms with Crippen molar-refractivity contribution in [1.82, 2.24) is 44.9 Å². The molecule has 0 radical (unpaired) electrons. The third-order valence-corrected chi connectivity index (χ3v) is 15.5. The van der Waals surface area contributed by atoms with Crippen LogP contribution in [-0.4, -0.2) is 44.9 Å². The molecule has 84 heavy (non-hydrogen) atoms. The fourth-order valence-electron chi connectivity index (χ4n) is 10.9. The standard InChI is InChI=1S/C72H57N12/c1-49-58(46-82-34-22-52(23-35-82)55-40-67(61-16-4-10-28-73-61)79-68(41-55)62-17-5-11-29-74-62)50(2)60(48-84-38-26-54(27-39-84)57-44-71(65-20-8-14-32-77-65)81-72(45-57)66-21-9-15-33-78-66)51(3)59(49)47-83-36-24-53(25-37-83)56-42-69(63-18-6-12-30-75-63)80-70(43-56)64-19-7-13-31-76-64/h4-45H,46-48H2,1-3H3/q+3. The van der Waals surface area contributed by atoms with Gasteiger partial charge >= 0.3 is 0 Å². The van der Waals surface area contributed by atoms with Gasteiger partial charge in [0.15, 0.2) is 56.8 Å². The van der Waals surface area contributed by atoms with Crippen molar-refractivity contribution in [1.29, 1.82) is 0 Å². The van der Waals surface area contributed by atoms with Crippen LogP contribution in [0.2, 0.25) is 0 Å². The first-order valence-electron chi connectivity index (χ1n) is 28.0. The van der Waals surface area contributed by atoms with Crippen molar-refractivity contribution in [3.63, 3.8) is 0 Å². The van der Waals surface area contributed by atoms with Crippen LogP contribution in [0.1, 0.15) is 33.4 Å². The Bertz CT molecular complexity index is 3770. The van der Waals surface area contributed by atoms with Gasteiger partial charge < -0.3 is 0 Å². The predicted octanol–water partition coefficient (Wildman–Crippen LogP) is 13.2. The van der Waals surface area contributed by atoms with Crippen molar-refractivity contribution >= 4 is 0 Å². The summed E-state index contributed by atoms with van der Waals surface area (Å²) in [6.45, 7) is 8.91. The largest absolute Gasteiger partial charge is 0.255 e. The zero-order valence-electron chi connectivity index (χ0n) is 46.7. The molecular formula is C72H57N12+3. The van der Waals surface area contributed by atoms with Gasteiger partial charge in [-0.05, 0) is 180 Å². The predicted molar refractivity (Wildman–Crippen MR) is 327 cm³/mol. The molecule has 1 aromatic carbocycles. The topological polar surface area (TPSA) is 128 Å². The summed E-state index contributed by atoms with van der Waals surface area (Å²) in [4.78, 5) is 43.0. The van der Waals surface area contributed by atoms with Crippen LogP contribution in [0.15, 0.2) is 256 Å². The molecule has 0 fully saturated rings. The van der Waals surface area contributed by atoms with Crippen LogP contribution in [0.3, 0.4) is 0 Å². The first-order chi connectivity index (χ1) is 41.3. The highest BCUT2D eigenvalue weighted by Crippen LogP contribution is 2.33. The molecule has 0 aliphatic heterocycles. The van der Waals surface area contributed by atoms with E-state index in [1.54, 1.807) is 37.2 Å². The quantitative estimate of drug-likeness (QED) is 0.0922. The smallest absolute Gasteiger partial charge is 0.174 e. The molecular weight excluding hydrogens is 1030 g/mol. The summed E-state index contributed by atoms with van der Waals surface area (Å²) in [7, 11) is 0. The van der Waals surface area contributed by atoms with Crippen LogP contribution >= 0.6 is 0 Å². The Labute approximate surface area is 488 Å². The first kappa shape index (κ1) is 52.4. The van der Waals surface area contributed by atoms with Crippen molar-refractivity contribution in [2.24, 2.45) is 0 Å². The Balaban J connectivity index is 0.851. The van der Waals surface area contributed by atoms with E-state index in [1.165, 1.54) is 33.4 Å². The van der Waals surface area contributed by atoms with Crippen LogP contribution in [0, 0.1) is 20.8 Å². The number of aromatic nitrogens is 12. The Kier molecular flexibility index (Phi) is 14.7. The zero-order chi connectivity index (χ0) is 56.8. The third kappa shape index (κ3) is 11.4. The Morgan fingerprint density at radius 3 is 0.619 bits per heavy atom. The molecule has 0 N–H and O–H groups in total. The Hall–Kier alpha value is -11.0. The van der Waals surface area contributed by atoms with Gasteiger partial charge in [-0.3, -0.25) is 29.9 Å². The lowest BCUT2D eigenvalue weighted by molar-refractivity contribution is -0.690. The minimum absolute atomic E-state index is 0.679. The lowest BCUT2D eigenvalue weighted by Crippen LogP contribution is -2.38. The van der Waals surface area contributed by atoms with Crippen molar-refractivity contribution in [3.05, 3.63) is 290 Å². The summed E-state index contributed by atoms with van der Waals surface area (Å²) in [5.74, 6) is 0. The van der Waals surface area contributed by atoms with E-state index >= 15 is 0 Å². The van der Waals surface area contributed by atoms with E-state index in [0.717, 1.165) is 102 Å². The second kappa shape index (κ2) is 23.6. The summed E-state index contributed by atoms with van der Waals surface area (Å²) in [5.41, 5.74) is 23.6. The van der Waals surface area contributed by atoms with Crippen molar-refractivity contribution in [3.8, 4) is 102 Å². The maximum Gasteiger partial charge on any atom is 0.174 e. The van der Waals surface area contributed by atoms with Gasteiger partial charge in [0.05, 0.1) is 68.3 Å². The van der Waals surface area contributed by atoms with Crippen molar-refractivity contribution in [2.75, 3.05) is 0 Å². The number of nitrogens with zero attached hydrogens (tertiary/aromatic N) is 12. The van der Waals surface area contributed by atoms with E-state index < -0.39 is 0 Å². The highest BCUT2D eigenvalue weighted by molar-refractivity contribution is 5.77. The molecule has 12 nitrogen and oxygen atoms in total. The second-order valence-electron chi connectivity index (χ2n) is 20.8. The highest BCUT2D eigenvalue weighted by Gasteiger charge is 2.25. The van der Waals surface area contributed by atoms with Crippen LogP contribution in [0.4, 0.5) is 0 Å². The molecule has 0 bridgehead atoms. The maximum absolute atomic E-state index is 5.02. The van der Waals surface area contributed by atoms with Gasteiger partial charge in [-0.25, -0.2) is 28.7 Å². The number of benzene rings is 1. The number of pyridine rings is 12. The monoisotopic (exact) mass is 1090 g/mol. The van der Waals surface area contributed by atoms with Gasteiger partial charge in [0, 0.05) is 90.3 Å².